The van der Waals surface area contributed by atoms with E-state index in [9.17, 15) is 73.9 Å². The Bertz CT molecular complexity index is 5280. The highest BCUT2D eigenvalue weighted by atomic mass is 32.5. The first kappa shape index (κ1) is 112. The first-order chi connectivity index (χ1) is 60.7. The fraction of sp³-hybridized carbons (Fsp3) is 0.628. The van der Waals surface area contributed by atoms with Gasteiger partial charge in [0.15, 0.2) is 40.5 Å². The molecular weight excluding hydrogens is 1860 g/mol. The summed E-state index contributed by atoms with van der Waals surface area (Å²) in [6.07, 6.45) is -8.27. The Morgan fingerprint density at radius 1 is 0.485 bits per heavy atom. The van der Waals surface area contributed by atoms with Crippen molar-refractivity contribution >= 4 is 66.7 Å². The van der Waals surface area contributed by atoms with E-state index in [1.54, 1.807) is 41.9 Å². The van der Waals surface area contributed by atoms with Gasteiger partial charge in [-0.05, 0) is 124 Å². The molecule has 734 valence electrons. The highest BCUT2D eigenvalue weighted by molar-refractivity contribution is 8.09. The molecule has 22 atom stereocenters. The summed E-state index contributed by atoms with van der Waals surface area (Å²) in [6, 6.07) is 22.7. The minimum atomic E-state index is -4.74. The first-order valence-electron chi connectivity index (χ1n) is 40.7. The van der Waals surface area contributed by atoms with Crippen molar-refractivity contribution in [2.24, 2.45) is 0 Å². The number of hydrogen-bond acceptors (Lipinski definition) is 32. The molecule has 5 saturated heterocycles. The minimum absolute atomic E-state index is 0.0551. The molecule has 130 heavy (non-hydrogen) atoms. The number of rotatable bonds is 39. The molecule has 0 bridgehead atoms. The molecule has 5 aliphatic heterocycles. The highest BCUT2D eigenvalue weighted by Gasteiger charge is 2.53. The van der Waals surface area contributed by atoms with Gasteiger partial charge in [0.1, 0.15) is 104 Å². The number of H-pyrrole nitrogens is 3. The van der Waals surface area contributed by atoms with Gasteiger partial charge in [0.05, 0.1) is 60.8 Å². The zero-order valence-corrected chi connectivity index (χ0v) is 80.3. The van der Waals surface area contributed by atoms with E-state index < -0.39 is 210 Å². The molecule has 10 rings (SSSR count). The van der Waals surface area contributed by atoms with E-state index in [-0.39, 0.29) is 80.1 Å². The van der Waals surface area contributed by atoms with E-state index in [0.717, 1.165) is 38.0 Å². The number of aliphatic carboxylic acids is 1. The van der Waals surface area contributed by atoms with Crippen LogP contribution in [0.5, 0.6) is 0 Å². The van der Waals surface area contributed by atoms with Gasteiger partial charge in [-0.1, -0.05) is 60.7 Å². The van der Waals surface area contributed by atoms with Gasteiger partial charge in [0, 0.05) is 84.0 Å². The molecule has 0 radical (unpaired) electrons. The average Bonchev–Trinajstić information content (AvgIpc) is 1.66. The maximum Gasteiger partial charge on any atom is 0.348 e. The standard InChI is InChI=1S/C17H25O6P.C16H23O6P.C15H25N3O7S.C15H25N2O10PS.C15H23N2O9PS/c1-12(2)22-16-14(9-10-24(19,20)11-18)23-15(17(16)21-3)13-7-5-4-6-8-13;1-11(2)21-15-13(9-10-23(17,18)19)22-14(16(15)20-3)12-7-5-4-6-8-12;1-9(2)24-12-10(6-8-26(21,22)16-3)25-14(13(12)23-4)18-7-5-11(19)17-15(18)20;1-9(2)26-12-10(5-7-29(23,24)8-28(20,21)22)27-14(13(12)25-3)17-6-4-11(18)16-15(17)19;1-8(2)25-12-9(6-24-27(22,28)7-11(19)20)26-14(13(12)23-3)17-5-4-10(18)16-15(17)21/h4-10,12,14-18H,11H2,1-3H3,(H,19,20);4-11,13-16H,1-3H3,(H2,17,18,19);5,7,9-10,12-14,16H,6,8H2,1-4H3,(H,17,19,20);4,6,9-10,12-14H,5,7-8H2,1-3H3,(H,16,18,19)(H2,20,21,22);4-5,8-9,12-14H,6-7H2,1-3H3,(H,19,20)(H,22,28)(H,16,18,21)/b2*10-9+;;;/t14-,15+,16-,17+;13-,14+,15-,16+;2*10-,12-,13-,14-;9-,12-,13-,14-,27?/m11111/s1. The van der Waals surface area contributed by atoms with E-state index in [1.807, 2.05) is 102 Å². The second-order valence-corrected chi connectivity index (χ2v) is 44.8. The van der Waals surface area contributed by atoms with Crippen LogP contribution in [0, 0.1) is 0 Å². The number of aliphatic hydroxyl groups excluding tert-OH is 1. The Kier molecular flexibility index (Phi) is 44.2. The van der Waals surface area contributed by atoms with Gasteiger partial charge in [-0.2, -0.15) is 0 Å². The molecule has 3 aromatic heterocycles. The summed E-state index contributed by atoms with van der Waals surface area (Å²) < 4.78 is 179. The van der Waals surface area contributed by atoms with Crippen LogP contribution in [0.15, 0.2) is 150 Å². The van der Waals surface area contributed by atoms with Crippen molar-refractivity contribution in [3.8, 4) is 0 Å². The summed E-state index contributed by atoms with van der Waals surface area (Å²) >= 11 is 4.84. The fourth-order valence-corrected chi connectivity index (χ4v) is 20.4. The van der Waals surface area contributed by atoms with Crippen LogP contribution in [-0.4, -0.2) is 292 Å². The van der Waals surface area contributed by atoms with E-state index in [2.05, 4.69) is 19.7 Å². The molecule has 45 nitrogen and oxygen atoms in total. The molecule has 5 aromatic rings. The zero-order valence-electron chi connectivity index (χ0n) is 74.3. The van der Waals surface area contributed by atoms with Gasteiger partial charge in [-0.25, -0.2) is 35.9 Å². The SMILES string of the molecule is CNS(=O)(=O)CC[C@H]1O[C@@H](n2ccc(=O)[nH]c2=O)[C@H](OC)[C@@H]1OC(C)C.CO[C@@H]1[C@H](OC(C)C)[C@@H](/C=C/P(=O)(O)CO)O[C@H]1c1ccccc1.CO[C@@H]1[C@H](OC(C)C)[C@@H](/C=C/P(=O)(O)O)O[C@H]1c1ccccc1.CO[C@@H]1[C@H](OC(C)C)[C@@H](CCS(=O)(=O)CP(=O)(O)O)O[C@H]1n1ccc(=O)[nH]c1=O.CO[C@@H]1[C@H](OC(C)C)[C@@H](COP(O)(=S)CC(=O)O)O[C@H]1n1ccc(=O)[nH]c1=O. The number of aliphatic hydroxyl groups is 1. The third-order valence-corrected chi connectivity index (χ3v) is 28.2. The zero-order chi connectivity index (χ0) is 97.3. The molecule has 12 N–H and O–H groups in total. The number of carboxylic acid groups (broad SMARTS) is 1. The van der Waals surface area contributed by atoms with Crippen LogP contribution in [-0.2, 0) is 126 Å². The Labute approximate surface area is 755 Å². The summed E-state index contributed by atoms with van der Waals surface area (Å²) in [5.41, 5.74) is -3.12. The van der Waals surface area contributed by atoms with Crippen molar-refractivity contribution in [1.29, 1.82) is 0 Å². The van der Waals surface area contributed by atoms with Crippen LogP contribution in [0.1, 0.15) is 124 Å². The Hall–Kier alpha value is -6.29. The van der Waals surface area contributed by atoms with Crippen molar-refractivity contribution in [2.45, 2.75) is 235 Å². The van der Waals surface area contributed by atoms with Crippen LogP contribution in [0.25, 0.3) is 0 Å². The summed E-state index contributed by atoms with van der Waals surface area (Å²) in [5, 5.41) is 17.8. The summed E-state index contributed by atoms with van der Waals surface area (Å²) in [6.45, 7) is 14.6. The monoisotopic (exact) mass is 1980 g/mol. The maximum absolute atomic E-state index is 12.1. The second kappa shape index (κ2) is 51.0. The van der Waals surface area contributed by atoms with Crippen LogP contribution < -0.4 is 38.5 Å². The molecule has 5 fully saturated rings. The number of aromatic amines is 3. The number of aromatic nitrogens is 6. The average molecular weight is 1980 g/mol. The van der Waals surface area contributed by atoms with Crippen LogP contribution >= 0.6 is 29.1 Å². The predicted octanol–water partition coefficient (Wildman–Crippen LogP) is 3.31. The number of sulfone groups is 1. The molecule has 52 heteroatoms. The summed E-state index contributed by atoms with van der Waals surface area (Å²) in [5.74, 6) is -0.0242. The summed E-state index contributed by atoms with van der Waals surface area (Å²) in [7, 11) is -11.4. The van der Waals surface area contributed by atoms with E-state index >= 15 is 0 Å². The lowest BCUT2D eigenvalue weighted by molar-refractivity contribution is -0.134. The van der Waals surface area contributed by atoms with Crippen molar-refractivity contribution in [3.63, 3.8) is 0 Å². The van der Waals surface area contributed by atoms with Crippen LogP contribution in [0.3, 0.4) is 0 Å². The molecule has 8 heterocycles. The summed E-state index contributed by atoms with van der Waals surface area (Å²) in [4.78, 5) is 143. The number of carbonyl (C=O) groups is 1. The van der Waals surface area contributed by atoms with Gasteiger partial charge in [-0.3, -0.25) is 61.5 Å². The quantitative estimate of drug-likeness (QED) is 0.0251. The van der Waals surface area contributed by atoms with Crippen LogP contribution in [0.4, 0.5) is 0 Å². The number of methoxy groups -OCH3 is 5. The third kappa shape index (κ3) is 34.8. The van der Waals surface area contributed by atoms with Crippen molar-refractivity contribution in [3.05, 3.63) is 195 Å². The van der Waals surface area contributed by atoms with Gasteiger partial charge >= 0.3 is 38.2 Å². The number of nitrogens with zero attached hydrogens (tertiary/aromatic N) is 3. The molecule has 0 spiro atoms. The number of sulfonamides is 1. The Morgan fingerprint density at radius 2 is 0.815 bits per heavy atom. The lowest BCUT2D eigenvalue weighted by Gasteiger charge is -2.26. The number of ether oxygens (including phenoxy) is 15. The largest absolute Gasteiger partial charge is 0.481 e. The van der Waals surface area contributed by atoms with Crippen LogP contribution in [0.2, 0.25) is 0 Å². The van der Waals surface area contributed by atoms with E-state index in [0.29, 0.717) is 0 Å². The second-order valence-electron chi connectivity index (χ2n) is 31.4. The topological polar surface area (TPSA) is 623 Å². The fourth-order valence-electron chi connectivity index (χ4n) is 14.3. The maximum atomic E-state index is 12.1. The third-order valence-electron chi connectivity index (χ3n) is 19.5. The number of carboxylic acids is 1. The lowest BCUT2D eigenvalue weighted by atomic mass is 10.0. The number of nitrogens with one attached hydrogen (secondary N) is 4. The predicted molar refractivity (Wildman–Crippen MR) is 473 cm³/mol. The van der Waals surface area contributed by atoms with Gasteiger partial charge in [-0.15, -0.1) is 0 Å². The molecule has 0 aliphatic carbocycles. The van der Waals surface area contributed by atoms with Gasteiger partial charge in [0.25, 0.3) is 16.7 Å². The van der Waals surface area contributed by atoms with Crippen molar-refractivity contribution in [1.82, 2.24) is 33.4 Å². The van der Waals surface area contributed by atoms with Crippen molar-refractivity contribution in [2.75, 3.05) is 78.7 Å². The molecule has 2 unspecified atom stereocenters. The molecule has 2 aromatic carbocycles. The molecule has 0 saturated carbocycles. The minimum Gasteiger partial charge on any atom is -0.481 e. The Morgan fingerprint density at radius 3 is 1.12 bits per heavy atom. The van der Waals surface area contributed by atoms with Gasteiger partial charge < -0.3 is 115 Å². The smallest absolute Gasteiger partial charge is 0.348 e. The van der Waals surface area contributed by atoms with E-state index in [4.69, 9.17) is 117 Å². The normalized spacial score (nSPS) is 27.5. The number of benzene rings is 2. The first-order valence-corrected chi connectivity index (χ1v) is 52.4. The van der Waals surface area contributed by atoms with Crippen molar-refractivity contribution < 1.29 is 150 Å². The molecule has 0 amide bonds. The van der Waals surface area contributed by atoms with Gasteiger partial charge in [0.2, 0.25) is 17.4 Å². The molecular formula is C78H121N7O38P4S3. The lowest BCUT2D eigenvalue weighted by Crippen LogP contribution is -2.41. The highest BCUT2D eigenvalue weighted by Crippen LogP contribution is 2.47. The Balaban J connectivity index is 0.000000251. The number of hydrogen-bond donors (Lipinski definition) is 12. The van der Waals surface area contributed by atoms with E-state index in [1.165, 1.54) is 75.8 Å². The molecule has 5 aliphatic rings.